The highest BCUT2D eigenvalue weighted by Crippen LogP contribution is 2.26. The average molecular weight is 254 g/mol. The molecule has 0 atom stereocenters. The summed E-state index contributed by atoms with van der Waals surface area (Å²) < 4.78 is 0. The molecule has 19 heavy (non-hydrogen) atoms. The molecular weight excluding hydrogens is 240 g/mol. The molecule has 4 heteroatoms. The van der Waals surface area contributed by atoms with Crippen LogP contribution in [-0.2, 0) is 12.8 Å². The Morgan fingerprint density at radius 2 is 1.79 bits per heavy atom. The zero-order chi connectivity index (χ0) is 13.2. The zero-order valence-corrected chi connectivity index (χ0v) is 10.5. The third-order valence-corrected chi connectivity index (χ3v) is 3.58. The fourth-order valence-electron chi connectivity index (χ4n) is 2.52. The number of aryl methyl sites for hydroxylation is 2. The molecule has 0 bridgehead atoms. The van der Waals surface area contributed by atoms with Gasteiger partial charge in [-0.25, -0.2) is 0 Å². The second-order valence-corrected chi connectivity index (χ2v) is 4.84. The second-order valence-electron chi connectivity index (χ2n) is 4.84. The molecule has 0 spiro atoms. The predicted molar refractivity (Wildman–Crippen MR) is 73.0 cm³/mol. The number of benzene rings is 1. The Morgan fingerprint density at radius 3 is 2.53 bits per heavy atom. The molecule has 0 fully saturated rings. The number of aromatic nitrogens is 1. The van der Waals surface area contributed by atoms with Gasteiger partial charge in [0.2, 0.25) is 0 Å². The van der Waals surface area contributed by atoms with Crippen LogP contribution in [0.1, 0.15) is 24.1 Å². The largest absolute Gasteiger partial charge is 0.269 e. The molecule has 0 unspecified atom stereocenters. The second kappa shape index (κ2) is 4.80. The molecule has 1 heterocycles. The van der Waals surface area contributed by atoms with Gasteiger partial charge in [0.1, 0.15) is 0 Å². The molecule has 4 nitrogen and oxygen atoms in total. The summed E-state index contributed by atoms with van der Waals surface area (Å²) in [4.78, 5) is 14.8. The van der Waals surface area contributed by atoms with E-state index in [1.165, 1.54) is 36.2 Å². The predicted octanol–water partition coefficient (Wildman–Crippen LogP) is 3.54. The van der Waals surface area contributed by atoms with Gasteiger partial charge in [0.05, 0.1) is 4.92 Å². The molecule has 0 saturated heterocycles. The molecule has 96 valence electrons. The number of non-ortho nitro benzene ring substituents is 1. The monoisotopic (exact) mass is 254 g/mol. The summed E-state index contributed by atoms with van der Waals surface area (Å²) in [6.07, 6.45) is 6.46. The van der Waals surface area contributed by atoms with Crippen molar-refractivity contribution >= 4 is 5.69 Å². The van der Waals surface area contributed by atoms with Crippen molar-refractivity contribution in [3.8, 4) is 11.1 Å². The van der Waals surface area contributed by atoms with Crippen LogP contribution in [0.15, 0.2) is 36.5 Å². The van der Waals surface area contributed by atoms with Crippen molar-refractivity contribution < 1.29 is 4.92 Å². The Hall–Kier alpha value is -2.23. The molecule has 1 aromatic carbocycles. The highest BCUT2D eigenvalue weighted by Gasteiger charge is 2.12. The van der Waals surface area contributed by atoms with E-state index in [9.17, 15) is 10.1 Å². The van der Waals surface area contributed by atoms with Crippen LogP contribution in [0.5, 0.6) is 0 Å². The lowest BCUT2D eigenvalue weighted by molar-refractivity contribution is -0.384. The quantitative estimate of drug-likeness (QED) is 0.608. The standard InChI is InChI=1S/C15H14N2O2/c18-17(19)14-7-5-11(6-8-14)13-9-12-3-1-2-4-15(12)16-10-13/h5-10H,1-4H2. The molecule has 2 aromatic rings. The molecule has 0 saturated carbocycles. The highest BCUT2D eigenvalue weighted by atomic mass is 16.6. The van der Waals surface area contributed by atoms with Crippen molar-refractivity contribution in [2.24, 2.45) is 0 Å². The van der Waals surface area contributed by atoms with Gasteiger partial charge in [0.15, 0.2) is 0 Å². The number of hydrogen-bond acceptors (Lipinski definition) is 3. The first-order valence-electron chi connectivity index (χ1n) is 6.47. The van der Waals surface area contributed by atoms with Gasteiger partial charge in [-0.1, -0.05) is 0 Å². The number of nitrogens with zero attached hydrogens (tertiary/aromatic N) is 2. The summed E-state index contributed by atoms with van der Waals surface area (Å²) in [5.41, 5.74) is 4.66. The maximum atomic E-state index is 10.6. The maximum Gasteiger partial charge on any atom is 0.269 e. The van der Waals surface area contributed by atoms with E-state index in [1.54, 1.807) is 12.1 Å². The van der Waals surface area contributed by atoms with Crippen LogP contribution in [0.2, 0.25) is 0 Å². The van der Waals surface area contributed by atoms with Crippen LogP contribution in [0.25, 0.3) is 11.1 Å². The Labute approximate surface area is 111 Å². The van der Waals surface area contributed by atoms with E-state index in [2.05, 4.69) is 11.1 Å². The van der Waals surface area contributed by atoms with Crippen LogP contribution in [-0.4, -0.2) is 9.91 Å². The minimum atomic E-state index is -0.380. The number of fused-ring (bicyclic) bond motifs is 1. The lowest BCUT2D eigenvalue weighted by atomic mass is 9.94. The molecule has 0 aliphatic heterocycles. The summed E-state index contributed by atoms with van der Waals surface area (Å²) in [6.45, 7) is 0. The van der Waals surface area contributed by atoms with E-state index in [-0.39, 0.29) is 10.6 Å². The van der Waals surface area contributed by atoms with Gasteiger partial charge in [-0.3, -0.25) is 15.1 Å². The summed E-state index contributed by atoms with van der Waals surface area (Å²) in [5, 5.41) is 10.6. The Balaban J connectivity index is 1.95. The zero-order valence-electron chi connectivity index (χ0n) is 10.5. The van der Waals surface area contributed by atoms with Crippen LogP contribution in [0.3, 0.4) is 0 Å². The third-order valence-electron chi connectivity index (χ3n) is 3.58. The fourth-order valence-corrected chi connectivity index (χ4v) is 2.52. The van der Waals surface area contributed by atoms with Gasteiger partial charge < -0.3 is 0 Å². The maximum absolute atomic E-state index is 10.6. The Morgan fingerprint density at radius 1 is 1.05 bits per heavy atom. The normalized spacial score (nSPS) is 13.9. The minimum Gasteiger partial charge on any atom is -0.260 e. The van der Waals surface area contributed by atoms with Crippen LogP contribution in [0, 0.1) is 10.1 Å². The van der Waals surface area contributed by atoms with E-state index >= 15 is 0 Å². The average Bonchev–Trinajstić information content (AvgIpc) is 2.47. The number of hydrogen-bond donors (Lipinski definition) is 0. The molecule has 1 aromatic heterocycles. The highest BCUT2D eigenvalue weighted by molar-refractivity contribution is 5.65. The summed E-state index contributed by atoms with van der Waals surface area (Å²) in [5.74, 6) is 0. The first-order chi connectivity index (χ1) is 9.24. The lowest BCUT2D eigenvalue weighted by Gasteiger charge is -2.15. The smallest absolute Gasteiger partial charge is 0.260 e. The van der Waals surface area contributed by atoms with Crippen molar-refractivity contribution in [2.45, 2.75) is 25.7 Å². The summed E-state index contributed by atoms with van der Waals surface area (Å²) in [6, 6.07) is 8.81. The van der Waals surface area contributed by atoms with Gasteiger partial charge in [-0.2, -0.15) is 0 Å². The van der Waals surface area contributed by atoms with Crippen molar-refractivity contribution in [3.05, 3.63) is 57.9 Å². The van der Waals surface area contributed by atoms with Crippen molar-refractivity contribution in [1.82, 2.24) is 4.98 Å². The van der Waals surface area contributed by atoms with Gasteiger partial charge in [-0.05, 0) is 55.0 Å². The van der Waals surface area contributed by atoms with E-state index in [4.69, 9.17) is 0 Å². The first-order valence-corrected chi connectivity index (χ1v) is 6.47. The van der Waals surface area contributed by atoms with Crippen molar-refractivity contribution in [1.29, 1.82) is 0 Å². The number of nitro benzene ring substituents is 1. The molecule has 0 radical (unpaired) electrons. The molecular formula is C15H14N2O2. The number of pyridine rings is 1. The molecule has 3 rings (SSSR count). The fraction of sp³-hybridized carbons (Fsp3) is 0.267. The van der Waals surface area contributed by atoms with Crippen LogP contribution < -0.4 is 0 Å². The van der Waals surface area contributed by atoms with Crippen molar-refractivity contribution in [2.75, 3.05) is 0 Å². The SMILES string of the molecule is O=[N+]([O-])c1ccc(-c2cnc3c(c2)CCCC3)cc1. The Kier molecular flexibility index (Phi) is 2.99. The van der Waals surface area contributed by atoms with Gasteiger partial charge in [-0.15, -0.1) is 0 Å². The molecule has 1 aliphatic carbocycles. The Bertz CT molecular complexity index is 621. The lowest BCUT2D eigenvalue weighted by Crippen LogP contribution is -2.05. The van der Waals surface area contributed by atoms with E-state index in [0.717, 1.165) is 24.0 Å². The molecule has 0 amide bonds. The van der Waals surface area contributed by atoms with Crippen LogP contribution >= 0.6 is 0 Å². The van der Waals surface area contributed by atoms with Gasteiger partial charge >= 0.3 is 0 Å². The number of nitro groups is 1. The topological polar surface area (TPSA) is 56.0 Å². The first kappa shape index (κ1) is 11.8. The van der Waals surface area contributed by atoms with E-state index in [1.807, 2.05) is 6.20 Å². The summed E-state index contributed by atoms with van der Waals surface area (Å²) >= 11 is 0. The van der Waals surface area contributed by atoms with E-state index in [0.29, 0.717) is 0 Å². The van der Waals surface area contributed by atoms with Crippen LogP contribution in [0.4, 0.5) is 5.69 Å². The van der Waals surface area contributed by atoms with Crippen molar-refractivity contribution in [3.63, 3.8) is 0 Å². The number of rotatable bonds is 2. The minimum absolute atomic E-state index is 0.120. The van der Waals surface area contributed by atoms with E-state index < -0.39 is 0 Å². The molecule has 0 N–H and O–H groups in total. The van der Waals surface area contributed by atoms with Gasteiger partial charge in [0, 0.05) is 29.6 Å². The third kappa shape index (κ3) is 2.34. The van der Waals surface area contributed by atoms with Gasteiger partial charge in [0.25, 0.3) is 5.69 Å². The summed E-state index contributed by atoms with van der Waals surface area (Å²) in [7, 11) is 0. The molecule has 1 aliphatic rings.